The highest BCUT2D eigenvalue weighted by atomic mass is 32.2. The standard InChI is InChI=1S/C23H22N2O4S/c1-14-4-6-15(7-5-14)23(27)13-30-22-19(12-24)17(11-21(26)25(22)23)18-10-16(28-2)8-9-20(18)29-3/h4-10,17,27H,11,13H2,1-3H3. The summed E-state index contributed by atoms with van der Waals surface area (Å²) in [6, 6.07) is 15.1. The molecule has 2 aromatic rings. The molecule has 2 atom stereocenters. The van der Waals surface area contributed by atoms with Crippen molar-refractivity contribution < 1.29 is 19.4 Å². The lowest BCUT2D eigenvalue weighted by Crippen LogP contribution is -2.48. The van der Waals surface area contributed by atoms with Crippen LogP contribution in [-0.2, 0) is 10.5 Å². The predicted octanol–water partition coefficient (Wildman–Crippen LogP) is 3.66. The minimum absolute atomic E-state index is 0.0602. The van der Waals surface area contributed by atoms with Gasteiger partial charge in [-0.2, -0.15) is 5.26 Å². The second kappa shape index (κ2) is 7.71. The zero-order valence-electron chi connectivity index (χ0n) is 17.0. The monoisotopic (exact) mass is 422 g/mol. The van der Waals surface area contributed by atoms with Crippen molar-refractivity contribution in [2.45, 2.75) is 25.0 Å². The first-order chi connectivity index (χ1) is 14.4. The van der Waals surface area contributed by atoms with E-state index in [0.717, 1.165) is 11.1 Å². The average molecular weight is 423 g/mol. The summed E-state index contributed by atoms with van der Waals surface area (Å²) in [4.78, 5) is 14.7. The Morgan fingerprint density at radius 3 is 2.57 bits per heavy atom. The van der Waals surface area contributed by atoms with Gasteiger partial charge in [0, 0.05) is 23.5 Å². The van der Waals surface area contributed by atoms with Gasteiger partial charge in [-0.3, -0.25) is 9.69 Å². The zero-order valence-corrected chi connectivity index (χ0v) is 17.8. The average Bonchev–Trinajstić information content (AvgIpc) is 3.12. The van der Waals surface area contributed by atoms with Crippen molar-refractivity contribution >= 4 is 17.7 Å². The van der Waals surface area contributed by atoms with Crippen LogP contribution in [0.3, 0.4) is 0 Å². The minimum Gasteiger partial charge on any atom is -0.497 e. The number of aryl methyl sites for hydroxylation is 1. The van der Waals surface area contributed by atoms with Crippen LogP contribution >= 0.6 is 11.8 Å². The molecule has 0 saturated carbocycles. The summed E-state index contributed by atoms with van der Waals surface area (Å²) in [5.74, 6) is 0.786. The summed E-state index contributed by atoms with van der Waals surface area (Å²) in [5, 5.41) is 22.0. The van der Waals surface area contributed by atoms with E-state index < -0.39 is 11.6 Å². The van der Waals surface area contributed by atoms with E-state index in [1.807, 2.05) is 31.2 Å². The SMILES string of the molecule is COc1ccc(OC)c(C2CC(=O)N3C(=C2C#N)SCC3(O)c2ccc(C)cc2)c1. The van der Waals surface area contributed by atoms with Crippen molar-refractivity contribution in [2.75, 3.05) is 20.0 Å². The Balaban J connectivity index is 1.83. The molecular formula is C23H22N2O4S. The van der Waals surface area contributed by atoms with Crippen molar-refractivity contribution in [1.82, 2.24) is 4.90 Å². The predicted molar refractivity (Wildman–Crippen MR) is 114 cm³/mol. The molecular weight excluding hydrogens is 400 g/mol. The van der Waals surface area contributed by atoms with Gasteiger partial charge in [0.2, 0.25) is 5.91 Å². The fourth-order valence-corrected chi connectivity index (χ4v) is 5.40. The smallest absolute Gasteiger partial charge is 0.231 e. The summed E-state index contributed by atoms with van der Waals surface area (Å²) >= 11 is 1.33. The molecule has 2 heterocycles. The van der Waals surface area contributed by atoms with Gasteiger partial charge in [-0.05, 0) is 25.1 Å². The number of amides is 1. The quantitative estimate of drug-likeness (QED) is 0.810. The van der Waals surface area contributed by atoms with E-state index in [4.69, 9.17) is 9.47 Å². The Bertz CT molecular complexity index is 1070. The molecule has 2 aliphatic rings. The number of methoxy groups -OCH3 is 2. The normalized spacial score (nSPS) is 23.2. The van der Waals surface area contributed by atoms with Crippen molar-refractivity contribution in [1.29, 1.82) is 5.26 Å². The van der Waals surface area contributed by atoms with Gasteiger partial charge in [-0.1, -0.05) is 29.8 Å². The lowest BCUT2D eigenvalue weighted by molar-refractivity contribution is -0.149. The van der Waals surface area contributed by atoms with E-state index in [2.05, 4.69) is 6.07 Å². The first-order valence-electron chi connectivity index (χ1n) is 9.54. The number of nitrogens with zero attached hydrogens (tertiary/aromatic N) is 2. The van der Waals surface area contributed by atoms with Gasteiger partial charge < -0.3 is 14.6 Å². The Hall–Kier alpha value is -2.95. The Morgan fingerprint density at radius 1 is 1.20 bits per heavy atom. The maximum Gasteiger partial charge on any atom is 0.231 e. The summed E-state index contributed by atoms with van der Waals surface area (Å²) in [6.07, 6.45) is 0.0602. The molecule has 1 saturated heterocycles. The Morgan fingerprint density at radius 2 is 1.93 bits per heavy atom. The molecule has 0 aliphatic carbocycles. The summed E-state index contributed by atoms with van der Waals surface area (Å²) in [5.41, 5.74) is 1.40. The lowest BCUT2D eigenvalue weighted by Gasteiger charge is -2.38. The molecule has 0 aromatic heterocycles. The molecule has 2 aliphatic heterocycles. The number of benzene rings is 2. The van der Waals surface area contributed by atoms with Gasteiger partial charge >= 0.3 is 0 Å². The lowest BCUT2D eigenvalue weighted by atomic mass is 9.84. The highest BCUT2D eigenvalue weighted by Crippen LogP contribution is 2.52. The maximum absolute atomic E-state index is 13.3. The van der Waals surface area contributed by atoms with Crippen LogP contribution in [0.2, 0.25) is 0 Å². The van der Waals surface area contributed by atoms with Crippen LogP contribution in [0.4, 0.5) is 0 Å². The molecule has 7 heteroatoms. The molecule has 2 aromatic carbocycles. The molecule has 0 bridgehead atoms. The number of nitriles is 1. The molecule has 1 N–H and O–H groups in total. The first-order valence-corrected chi connectivity index (χ1v) is 10.5. The van der Waals surface area contributed by atoms with Crippen molar-refractivity contribution in [3.8, 4) is 17.6 Å². The number of carbonyl (C=O) groups excluding carboxylic acids is 1. The Kier molecular flexibility index (Phi) is 5.22. The van der Waals surface area contributed by atoms with Gasteiger partial charge in [0.1, 0.15) is 11.5 Å². The molecule has 2 unspecified atom stereocenters. The van der Waals surface area contributed by atoms with Crippen LogP contribution in [0.5, 0.6) is 11.5 Å². The summed E-state index contributed by atoms with van der Waals surface area (Å²) in [7, 11) is 3.12. The number of aliphatic hydroxyl groups is 1. The maximum atomic E-state index is 13.3. The summed E-state index contributed by atoms with van der Waals surface area (Å²) < 4.78 is 10.8. The third-order valence-electron chi connectivity index (χ3n) is 5.64. The van der Waals surface area contributed by atoms with Gasteiger partial charge in [0.05, 0.1) is 36.6 Å². The second-order valence-electron chi connectivity index (χ2n) is 7.40. The van der Waals surface area contributed by atoms with Gasteiger partial charge in [0.25, 0.3) is 0 Å². The van der Waals surface area contributed by atoms with Crippen LogP contribution in [0.1, 0.15) is 29.0 Å². The van der Waals surface area contributed by atoms with Crippen molar-refractivity contribution in [3.05, 3.63) is 69.8 Å². The van der Waals surface area contributed by atoms with Gasteiger partial charge in [-0.25, -0.2) is 0 Å². The number of fused-ring (bicyclic) bond motifs is 1. The molecule has 0 radical (unpaired) electrons. The molecule has 0 spiro atoms. The minimum atomic E-state index is -1.48. The van der Waals surface area contributed by atoms with E-state index in [1.54, 1.807) is 32.4 Å². The third kappa shape index (κ3) is 3.13. The largest absolute Gasteiger partial charge is 0.497 e. The van der Waals surface area contributed by atoms with Crippen LogP contribution in [0, 0.1) is 18.3 Å². The fourth-order valence-electron chi connectivity index (χ4n) is 4.04. The first kappa shape index (κ1) is 20.3. The van der Waals surface area contributed by atoms with E-state index in [-0.39, 0.29) is 18.1 Å². The van der Waals surface area contributed by atoms with Crippen LogP contribution in [-0.4, -0.2) is 35.9 Å². The van der Waals surface area contributed by atoms with E-state index in [1.165, 1.54) is 16.7 Å². The van der Waals surface area contributed by atoms with E-state index in [9.17, 15) is 15.2 Å². The molecule has 4 rings (SSSR count). The van der Waals surface area contributed by atoms with Crippen molar-refractivity contribution in [3.63, 3.8) is 0 Å². The molecule has 1 fully saturated rings. The molecule has 154 valence electrons. The number of hydrogen-bond donors (Lipinski definition) is 1. The number of ether oxygens (including phenoxy) is 2. The number of carbonyl (C=O) groups is 1. The van der Waals surface area contributed by atoms with Crippen LogP contribution < -0.4 is 9.47 Å². The number of thioether (sulfide) groups is 1. The number of rotatable bonds is 4. The summed E-state index contributed by atoms with van der Waals surface area (Å²) in [6.45, 7) is 1.97. The zero-order chi connectivity index (χ0) is 21.5. The van der Waals surface area contributed by atoms with E-state index >= 15 is 0 Å². The topological polar surface area (TPSA) is 82.8 Å². The second-order valence-corrected chi connectivity index (χ2v) is 8.36. The molecule has 30 heavy (non-hydrogen) atoms. The van der Waals surface area contributed by atoms with Gasteiger partial charge in [0.15, 0.2) is 5.72 Å². The fraction of sp³-hybridized carbons (Fsp3) is 0.304. The number of hydrogen-bond acceptors (Lipinski definition) is 6. The van der Waals surface area contributed by atoms with Crippen molar-refractivity contribution in [2.24, 2.45) is 0 Å². The highest BCUT2D eigenvalue weighted by molar-refractivity contribution is 8.03. The van der Waals surface area contributed by atoms with Crippen LogP contribution in [0.25, 0.3) is 0 Å². The number of allylic oxidation sites excluding steroid dienone is 1. The molecule has 1 amide bonds. The third-order valence-corrected chi connectivity index (χ3v) is 6.86. The van der Waals surface area contributed by atoms with Crippen LogP contribution in [0.15, 0.2) is 53.1 Å². The van der Waals surface area contributed by atoms with E-state index in [0.29, 0.717) is 27.7 Å². The van der Waals surface area contributed by atoms with Gasteiger partial charge in [-0.15, -0.1) is 11.8 Å². The Labute approximate surface area is 179 Å². The highest BCUT2D eigenvalue weighted by Gasteiger charge is 2.52. The molecule has 6 nitrogen and oxygen atoms in total.